The summed E-state index contributed by atoms with van der Waals surface area (Å²) >= 11 is 0. The van der Waals surface area contributed by atoms with Gasteiger partial charge < -0.3 is 15.0 Å². The third-order valence-electron chi connectivity index (χ3n) is 5.08. The minimum atomic E-state index is -0.313. The highest BCUT2D eigenvalue weighted by molar-refractivity contribution is 6.02. The van der Waals surface area contributed by atoms with E-state index in [2.05, 4.69) is 10.3 Å². The van der Waals surface area contributed by atoms with Crippen LogP contribution in [0.3, 0.4) is 0 Å². The molecule has 1 saturated heterocycles. The van der Waals surface area contributed by atoms with E-state index in [1.165, 1.54) is 0 Å². The Bertz CT molecular complexity index is 1010. The van der Waals surface area contributed by atoms with Crippen LogP contribution in [-0.4, -0.2) is 52.4 Å². The molecule has 0 saturated carbocycles. The van der Waals surface area contributed by atoms with Gasteiger partial charge in [0.2, 0.25) is 5.82 Å². The fourth-order valence-electron chi connectivity index (χ4n) is 3.56. The van der Waals surface area contributed by atoms with Gasteiger partial charge in [-0.05, 0) is 30.5 Å². The molecule has 7 nitrogen and oxygen atoms in total. The molecule has 3 aromatic rings. The van der Waals surface area contributed by atoms with E-state index in [1.807, 2.05) is 42.5 Å². The molecule has 1 aromatic carbocycles. The highest BCUT2D eigenvalue weighted by atomic mass is 16.5. The van der Waals surface area contributed by atoms with E-state index in [0.717, 1.165) is 25.0 Å². The fourth-order valence-corrected chi connectivity index (χ4v) is 3.56. The van der Waals surface area contributed by atoms with Crippen LogP contribution >= 0.6 is 0 Å². The van der Waals surface area contributed by atoms with Gasteiger partial charge in [-0.1, -0.05) is 36.4 Å². The van der Waals surface area contributed by atoms with Crippen molar-refractivity contribution in [3.05, 3.63) is 71.8 Å². The van der Waals surface area contributed by atoms with Crippen molar-refractivity contribution in [1.82, 2.24) is 19.6 Å². The monoisotopic (exact) mass is 392 g/mol. The van der Waals surface area contributed by atoms with Gasteiger partial charge in [-0.15, -0.1) is 0 Å². The molecule has 2 aromatic heterocycles. The first-order valence-electron chi connectivity index (χ1n) is 9.80. The van der Waals surface area contributed by atoms with E-state index in [-0.39, 0.29) is 29.4 Å². The van der Waals surface area contributed by atoms with Crippen LogP contribution in [0.4, 0.5) is 0 Å². The number of aromatic nitrogens is 2. The number of amides is 2. The lowest BCUT2D eigenvalue weighted by molar-refractivity contribution is 0.0781. The first-order valence-corrected chi connectivity index (χ1v) is 9.80. The van der Waals surface area contributed by atoms with Crippen LogP contribution in [0.25, 0.3) is 5.52 Å². The quantitative estimate of drug-likeness (QED) is 0.699. The average molecular weight is 392 g/mol. The molecule has 1 aliphatic rings. The van der Waals surface area contributed by atoms with Crippen molar-refractivity contribution in [2.24, 2.45) is 0 Å². The van der Waals surface area contributed by atoms with Crippen molar-refractivity contribution in [2.45, 2.75) is 25.5 Å². The Morgan fingerprint density at radius 3 is 2.76 bits per heavy atom. The maximum atomic E-state index is 13.1. The molecule has 3 heterocycles. The van der Waals surface area contributed by atoms with Gasteiger partial charge in [0, 0.05) is 32.9 Å². The van der Waals surface area contributed by atoms with Gasteiger partial charge in [0.1, 0.15) is 0 Å². The molecular formula is C22H24N4O3. The molecule has 4 rings (SSSR count). The van der Waals surface area contributed by atoms with Gasteiger partial charge in [0.25, 0.3) is 11.8 Å². The van der Waals surface area contributed by atoms with E-state index in [0.29, 0.717) is 18.6 Å². The topological polar surface area (TPSA) is 75.9 Å². The summed E-state index contributed by atoms with van der Waals surface area (Å²) in [6.45, 7) is 1.64. The van der Waals surface area contributed by atoms with Crippen LogP contribution in [-0.2, 0) is 11.3 Å². The molecule has 0 radical (unpaired) electrons. The summed E-state index contributed by atoms with van der Waals surface area (Å²) in [5.41, 5.74) is 1.91. The van der Waals surface area contributed by atoms with E-state index in [1.54, 1.807) is 28.6 Å². The highest BCUT2D eigenvalue weighted by Gasteiger charge is 2.24. The van der Waals surface area contributed by atoms with Crippen LogP contribution < -0.4 is 5.32 Å². The van der Waals surface area contributed by atoms with Gasteiger partial charge >= 0.3 is 0 Å². The van der Waals surface area contributed by atoms with E-state index in [4.69, 9.17) is 4.74 Å². The zero-order valence-corrected chi connectivity index (χ0v) is 16.4. The van der Waals surface area contributed by atoms with E-state index in [9.17, 15) is 9.59 Å². The standard InChI is InChI=1S/C22H24N4O3/c1-25(15-16-8-3-2-4-9-16)22(28)19-18-11-5-6-12-26(18)20(24-19)21(27)23-14-17-10-7-13-29-17/h2-6,8-9,11-12,17H,7,10,13-15H2,1H3,(H,23,27). The first kappa shape index (κ1) is 19.1. The number of benzene rings is 1. The lowest BCUT2D eigenvalue weighted by Gasteiger charge is -2.16. The van der Waals surface area contributed by atoms with Crippen LogP contribution in [0.15, 0.2) is 54.7 Å². The third-order valence-corrected chi connectivity index (χ3v) is 5.08. The minimum absolute atomic E-state index is 0.0447. The Morgan fingerprint density at radius 1 is 1.21 bits per heavy atom. The number of hydrogen-bond acceptors (Lipinski definition) is 4. The maximum Gasteiger partial charge on any atom is 0.287 e. The van der Waals surface area contributed by atoms with Crippen LogP contribution in [0.1, 0.15) is 39.5 Å². The summed E-state index contributed by atoms with van der Waals surface area (Å²) in [4.78, 5) is 31.8. The molecule has 1 atom stereocenters. The van der Waals surface area contributed by atoms with Gasteiger partial charge in [0.05, 0.1) is 11.6 Å². The lowest BCUT2D eigenvalue weighted by atomic mass is 10.2. The van der Waals surface area contributed by atoms with Gasteiger partial charge in [-0.3, -0.25) is 14.0 Å². The number of pyridine rings is 1. The molecular weight excluding hydrogens is 368 g/mol. The number of nitrogens with one attached hydrogen (secondary N) is 1. The Balaban J connectivity index is 1.56. The fraction of sp³-hybridized carbons (Fsp3) is 0.318. The minimum Gasteiger partial charge on any atom is -0.376 e. The third kappa shape index (κ3) is 4.14. The number of fused-ring (bicyclic) bond motifs is 1. The second-order valence-electron chi connectivity index (χ2n) is 7.23. The van der Waals surface area contributed by atoms with Gasteiger partial charge in [-0.25, -0.2) is 4.98 Å². The normalized spacial score (nSPS) is 16.1. The number of rotatable bonds is 6. The second kappa shape index (κ2) is 8.45. The largest absolute Gasteiger partial charge is 0.376 e. The average Bonchev–Trinajstić information content (AvgIpc) is 3.40. The van der Waals surface area contributed by atoms with Crippen molar-refractivity contribution < 1.29 is 14.3 Å². The summed E-state index contributed by atoms with van der Waals surface area (Å²) in [6.07, 6.45) is 3.75. The Kier molecular flexibility index (Phi) is 5.57. The van der Waals surface area contributed by atoms with Gasteiger partial charge in [0.15, 0.2) is 5.69 Å². The predicted molar refractivity (Wildman–Crippen MR) is 109 cm³/mol. The van der Waals surface area contributed by atoms with Gasteiger partial charge in [-0.2, -0.15) is 0 Å². The summed E-state index contributed by atoms with van der Waals surface area (Å²) < 4.78 is 7.22. The zero-order valence-electron chi connectivity index (χ0n) is 16.4. The molecule has 0 spiro atoms. The number of nitrogens with zero attached hydrogens (tertiary/aromatic N) is 3. The SMILES string of the molecule is CN(Cc1ccccc1)C(=O)c1nc(C(=O)NCC2CCCO2)n2ccccc12. The lowest BCUT2D eigenvalue weighted by Crippen LogP contribution is -2.33. The number of carbonyl (C=O) groups is 2. The van der Waals surface area contributed by atoms with Crippen LogP contribution in [0, 0.1) is 0 Å². The molecule has 1 N–H and O–H groups in total. The number of imidazole rings is 1. The van der Waals surface area contributed by atoms with Crippen molar-refractivity contribution in [3.8, 4) is 0 Å². The smallest absolute Gasteiger partial charge is 0.287 e. The van der Waals surface area contributed by atoms with Crippen LogP contribution in [0.5, 0.6) is 0 Å². The predicted octanol–water partition coefficient (Wildman–Crippen LogP) is 2.52. The van der Waals surface area contributed by atoms with Crippen molar-refractivity contribution >= 4 is 17.3 Å². The number of carbonyl (C=O) groups excluding carboxylic acids is 2. The van der Waals surface area contributed by atoms with Crippen molar-refractivity contribution in [3.63, 3.8) is 0 Å². The molecule has 1 fully saturated rings. The Morgan fingerprint density at radius 2 is 2.00 bits per heavy atom. The maximum absolute atomic E-state index is 13.1. The second-order valence-corrected chi connectivity index (χ2v) is 7.23. The van der Waals surface area contributed by atoms with Crippen LogP contribution in [0.2, 0.25) is 0 Å². The summed E-state index contributed by atoms with van der Waals surface area (Å²) in [5, 5.41) is 2.88. The molecule has 150 valence electrons. The molecule has 0 bridgehead atoms. The van der Waals surface area contributed by atoms with Crippen molar-refractivity contribution in [2.75, 3.05) is 20.2 Å². The Labute approximate surface area is 169 Å². The van der Waals surface area contributed by atoms with E-state index < -0.39 is 0 Å². The molecule has 7 heteroatoms. The summed E-state index contributed by atoms with van der Waals surface area (Å²) in [7, 11) is 1.74. The molecule has 2 amide bonds. The summed E-state index contributed by atoms with van der Waals surface area (Å²) in [6, 6.07) is 15.2. The number of hydrogen-bond donors (Lipinski definition) is 1. The number of ether oxygens (including phenoxy) is 1. The Hall–Kier alpha value is -3.19. The van der Waals surface area contributed by atoms with E-state index >= 15 is 0 Å². The summed E-state index contributed by atoms with van der Waals surface area (Å²) in [5.74, 6) is -0.336. The molecule has 1 unspecified atom stereocenters. The molecule has 29 heavy (non-hydrogen) atoms. The molecule has 0 aliphatic carbocycles. The molecule has 1 aliphatic heterocycles. The van der Waals surface area contributed by atoms with Crippen molar-refractivity contribution in [1.29, 1.82) is 0 Å². The highest BCUT2D eigenvalue weighted by Crippen LogP contribution is 2.17. The first-order chi connectivity index (χ1) is 14.1. The zero-order chi connectivity index (χ0) is 20.2.